The Hall–Kier alpha value is -2.36. The van der Waals surface area contributed by atoms with Crippen molar-refractivity contribution in [2.75, 3.05) is 33.0 Å². The number of hydrogen-bond acceptors (Lipinski definition) is 24. The van der Waals surface area contributed by atoms with E-state index in [-0.39, 0.29) is 0 Å². The first-order chi connectivity index (χ1) is 29.1. The molecule has 4 rings (SSSR count). The Kier molecular flexibility index (Phi) is 19.1. The van der Waals surface area contributed by atoms with E-state index in [2.05, 4.69) is 17.2 Å². The summed E-state index contributed by atoms with van der Waals surface area (Å²) in [5, 5.41) is 143. The number of nitrogens with one attached hydrogen (secondary N) is 2. The monoisotopic (exact) mass is 906 g/mol. The van der Waals surface area contributed by atoms with Gasteiger partial charge in [-0.25, -0.2) is 4.79 Å². The van der Waals surface area contributed by atoms with E-state index < -0.39 is 186 Å². The van der Waals surface area contributed by atoms with E-state index in [9.17, 15) is 76.0 Å². The smallest absolute Gasteiger partial charge is 0.408 e. The van der Waals surface area contributed by atoms with Gasteiger partial charge in [0.1, 0.15) is 103 Å². The largest absolute Gasteiger partial charge is 0.444 e. The van der Waals surface area contributed by atoms with E-state index in [0.717, 1.165) is 13.0 Å². The Morgan fingerprint density at radius 3 is 1.58 bits per heavy atom. The second-order valence-electron chi connectivity index (χ2n) is 16.2. The zero-order chi connectivity index (χ0) is 46.4. The average molecular weight is 907 g/mol. The molecule has 0 aliphatic carbocycles. The van der Waals surface area contributed by atoms with Crippen LogP contribution in [0.3, 0.4) is 0 Å². The molecule has 2 amide bonds. The predicted octanol–water partition coefficient (Wildman–Crippen LogP) is -8.14. The van der Waals surface area contributed by atoms with Crippen LogP contribution in [0.25, 0.3) is 0 Å². The van der Waals surface area contributed by atoms with Crippen LogP contribution in [0.2, 0.25) is 0 Å². The normalized spacial score (nSPS) is 42.7. The van der Waals surface area contributed by atoms with Crippen LogP contribution in [0.5, 0.6) is 0 Å². The lowest BCUT2D eigenvalue weighted by Gasteiger charge is -2.49. The summed E-state index contributed by atoms with van der Waals surface area (Å²) in [6.45, 7) is 5.24. The van der Waals surface area contributed by atoms with Crippen LogP contribution in [0.4, 0.5) is 4.79 Å². The molecule has 26 heteroatoms. The van der Waals surface area contributed by atoms with E-state index in [1.54, 1.807) is 20.8 Å². The highest BCUT2D eigenvalue weighted by molar-refractivity contribution is 5.73. The van der Waals surface area contributed by atoms with Crippen molar-refractivity contribution in [3.05, 3.63) is 12.7 Å². The maximum Gasteiger partial charge on any atom is 0.408 e. The second kappa shape index (κ2) is 22.7. The Bertz CT molecular complexity index is 1420. The van der Waals surface area contributed by atoms with Crippen LogP contribution in [0.1, 0.15) is 27.7 Å². The highest BCUT2D eigenvalue weighted by Crippen LogP contribution is 2.34. The van der Waals surface area contributed by atoms with E-state index in [1.807, 2.05) is 0 Å². The maximum absolute atomic E-state index is 12.4. The number of hydrogen-bond donors (Lipinski definition) is 15. The van der Waals surface area contributed by atoms with Gasteiger partial charge in [-0.3, -0.25) is 4.79 Å². The molecule has 22 atom stereocenters. The number of aliphatic hydroxyl groups excluding tert-OH is 13. The molecule has 0 saturated carbocycles. The topological polar surface area (TPSA) is 404 Å². The van der Waals surface area contributed by atoms with E-state index >= 15 is 0 Å². The van der Waals surface area contributed by atoms with Crippen LogP contribution < -0.4 is 10.6 Å². The molecule has 0 spiro atoms. The van der Waals surface area contributed by atoms with Gasteiger partial charge in [0, 0.05) is 6.92 Å². The van der Waals surface area contributed by atoms with Crippen molar-refractivity contribution < 1.29 is 119 Å². The van der Waals surface area contributed by atoms with Crippen molar-refractivity contribution in [2.24, 2.45) is 0 Å². The summed E-state index contributed by atoms with van der Waals surface area (Å²) in [5.74, 6) is -0.710. The van der Waals surface area contributed by atoms with Crippen molar-refractivity contribution in [3.63, 3.8) is 0 Å². The molecule has 4 heterocycles. The van der Waals surface area contributed by atoms with Crippen molar-refractivity contribution in [3.8, 4) is 0 Å². The molecule has 26 nitrogen and oxygen atoms in total. The van der Waals surface area contributed by atoms with Crippen molar-refractivity contribution in [1.29, 1.82) is 0 Å². The summed E-state index contributed by atoms with van der Waals surface area (Å²) >= 11 is 0. The summed E-state index contributed by atoms with van der Waals surface area (Å²) in [7, 11) is 0. The third-order valence-corrected chi connectivity index (χ3v) is 10.4. The number of alkyl carbamates (subject to hydrolysis) is 1. The molecule has 0 aromatic carbocycles. The molecule has 360 valence electrons. The van der Waals surface area contributed by atoms with Gasteiger partial charge in [0.25, 0.3) is 0 Å². The van der Waals surface area contributed by atoms with Crippen LogP contribution in [0, 0.1) is 0 Å². The number of amides is 2. The van der Waals surface area contributed by atoms with E-state index in [0.29, 0.717) is 0 Å². The summed E-state index contributed by atoms with van der Waals surface area (Å²) in [5.41, 5.74) is -0.889. The standard InChI is InChI=1S/C36H62N2O24/c1-6-14(44)13(38-35(53)62-36(3,4)5)11-54-32-25(50)23(48)28(17(9-41)57-32)59-33-26(51)24(49)29(18(10-42)58-33)60-34-27(52)30(21(46)16(8-40)56-34)61-31-19(37-12(2)43)22(47)20(45)15(7-39)55-31/h6,13-34,39-42,44-52H,1,7-11H2,2-5H3,(H,37,43)(H,38,53)/t13-,14+,15?,16?,17?,18?,19?,20-,21-,22+,23+,24+,25?,26?,27?,28+,29-,30-,31-,32+,33-,34+/m0/s1. The fourth-order valence-electron chi connectivity index (χ4n) is 7.12. The summed E-state index contributed by atoms with van der Waals surface area (Å²) in [6.07, 6.45) is -35.6. The number of rotatable bonds is 17. The van der Waals surface area contributed by atoms with Crippen LogP contribution in [0.15, 0.2) is 12.7 Å². The van der Waals surface area contributed by atoms with E-state index in [1.165, 1.54) is 0 Å². The summed E-state index contributed by atoms with van der Waals surface area (Å²) in [4.78, 5) is 24.3. The van der Waals surface area contributed by atoms with Crippen molar-refractivity contribution >= 4 is 12.0 Å². The maximum atomic E-state index is 12.4. The Morgan fingerprint density at radius 2 is 1.08 bits per heavy atom. The first-order valence-electron chi connectivity index (χ1n) is 19.8. The molecule has 0 aromatic rings. The van der Waals surface area contributed by atoms with Gasteiger partial charge in [0.15, 0.2) is 25.2 Å². The zero-order valence-corrected chi connectivity index (χ0v) is 34.3. The fraction of sp³-hybridized carbons (Fsp3) is 0.889. The lowest BCUT2D eigenvalue weighted by Crippen LogP contribution is -2.69. The number of carbonyl (C=O) groups is 2. The molecular weight excluding hydrogens is 844 g/mol. The molecule has 4 aliphatic rings. The average Bonchev–Trinajstić information content (AvgIpc) is 3.21. The third kappa shape index (κ3) is 12.5. The number of carbonyl (C=O) groups excluding carboxylic acids is 2. The number of aliphatic hydroxyl groups is 13. The molecule has 4 saturated heterocycles. The van der Waals surface area contributed by atoms with Gasteiger partial charge in [0.05, 0.1) is 45.2 Å². The fourth-order valence-corrected chi connectivity index (χ4v) is 7.12. The Labute approximate surface area is 355 Å². The van der Waals surface area contributed by atoms with Gasteiger partial charge < -0.3 is 120 Å². The molecule has 4 aliphatic heterocycles. The molecule has 15 N–H and O–H groups in total. The first kappa shape index (κ1) is 52.3. The zero-order valence-electron chi connectivity index (χ0n) is 34.3. The van der Waals surface area contributed by atoms with Crippen LogP contribution >= 0.6 is 0 Å². The van der Waals surface area contributed by atoms with Gasteiger partial charge in [0.2, 0.25) is 5.91 Å². The van der Waals surface area contributed by atoms with Crippen LogP contribution in [-0.2, 0) is 47.4 Å². The van der Waals surface area contributed by atoms with Gasteiger partial charge >= 0.3 is 6.09 Å². The Balaban J connectivity index is 1.45. The summed E-state index contributed by atoms with van der Waals surface area (Å²) < 4.78 is 50.3. The third-order valence-electron chi connectivity index (χ3n) is 10.4. The quantitative estimate of drug-likeness (QED) is 0.0603. The SMILES string of the molecule is C=C[C@@H](O)[C@H](CO[C@@H]1OC(CO)[C@@H](O[C@@H]2OC(CO)[C@H](O[C@H]3OC(CO)[C@H](O)[C@H](O[C@@H]4OC(CO)[C@H](O)[C@H](O)C4NC(C)=O)C3O)[C@H](O)C2O)[C@H](O)C1O)NC(=O)OC(C)(C)C. The molecular formula is C36H62N2O24. The lowest BCUT2D eigenvalue weighted by atomic mass is 9.95. The van der Waals surface area contributed by atoms with E-state index in [4.69, 9.17) is 42.6 Å². The number of ether oxygens (including phenoxy) is 9. The minimum atomic E-state index is -2.11. The first-order valence-corrected chi connectivity index (χ1v) is 19.8. The van der Waals surface area contributed by atoms with Crippen molar-refractivity contribution in [1.82, 2.24) is 10.6 Å². The summed E-state index contributed by atoms with van der Waals surface area (Å²) in [6, 6.07) is -2.71. The Morgan fingerprint density at radius 1 is 0.629 bits per heavy atom. The van der Waals surface area contributed by atoms with Crippen LogP contribution in [-0.4, -0.2) is 252 Å². The van der Waals surface area contributed by atoms with Crippen molar-refractivity contribution in [2.45, 2.75) is 168 Å². The molecule has 0 radical (unpaired) electrons. The second-order valence-corrected chi connectivity index (χ2v) is 16.2. The molecule has 8 unspecified atom stereocenters. The van der Waals surface area contributed by atoms with Gasteiger partial charge in [-0.1, -0.05) is 6.08 Å². The highest BCUT2D eigenvalue weighted by atomic mass is 16.8. The van der Waals surface area contributed by atoms with Gasteiger partial charge in [-0.2, -0.15) is 0 Å². The van der Waals surface area contributed by atoms with Gasteiger partial charge in [-0.05, 0) is 20.8 Å². The molecule has 0 bridgehead atoms. The minimum Gasteiger partial charge on any atom is -0.444 e. The minimum absolute atomic E-state index is 0.533. The highest BCUT2D eigenvalue weighted by Gasteiger charge is 2.55. The predicted molar refractivity (Wildman–Crippen MR) is 199 cm³/mol. The lowest BCUT2D eigenvalue weighted by molar-refractivity contribution is -0.386. The molecule has 62 heavy (non-hydrogen) atoms. The molecule has 4 fully saturated rings. The van der Waals surface area contributed by atoms with Gasteiger partial charge in [-0.15, -0.1) is 6.58 Å². The molecule has 0 aromatic heterocycles.